The monoisotopic (exact) mass is 267 g/mol. The van der Waals surface area contributed by atoms with Crippen LogP contribution in [0, 0.1) is 11.3 Å². The highest BCUT2D eigenvalue weighted by molar-refractivity contribution is 6.06. The van der Waals surface area contributed by atoms with E-state index in [-0.39, 0.29) is 11.7 Å². The van der Waals surface area contributed by atoms with Crippen LogP contribution in [0.25, 0.3) is 0 Å². The highest BCUT2D eigenvalue weighted by atomic mass is 16.4. The largest absolute Gasteiger partial charge is 0.409 e. The van der Waals surface area contributed by atoms with Crippen molar-refractivity contribution < 1.29 is 10.0 Å². The van der Waals surface area contributed by atoms with Crippen molar-refractivity contribution in [2.24, 2.45) is 22.2 Å². The summed E-state index contributed by atoms with van der Waals surface area (Å²) in [6.07, 6.45) is 7.72. The van der Waals surface area contributed by atoms with E-state index in [2.05, 4.69) is 17.4 Å². The first-order valence-corrected chi connectivity index (χ1v) is 7.43. The van der Waals surface area contributed by atoms with Gasteiger partial charge in [-0.25, -0.2) is 0 Å². The molecule has 4 N–H and O–H groups in total. The van der Waals surface area contributed by atoms with E-state index in [4.69, 9.17) is 10.9 Å². The van der Waals surface area contributed by atoms with Gasteiger partial charge in [0, 0.05) is 6.04 Å². The molecule has 19 heavy (non-hydrogen) atoms. The molecular formula is C14H25N3O2. The lowest BCUT2D eigenvalue weighted by Crippen LogP contribution is -2.50. The molecule has 0 bridgehead atoms. The molecule has 5 heteroatoms. The van der Waals surface area contributed by atoms with Gasteiger partial charge in [-0.2, -0.15) is 0 Å². The Bertz CT molecular complexity index is 360. The number of rotatable bonds is 4. The molecule has 2 rings (SSSR count). The second-order valence-electron chi connectivity index (χ2n) is 5.97. The fourth-order valence-electron chi connectivity index (χ4n) is 3.21. The number of oxime groups is 1. The minimum absolute atomic E-state index is 0.0364. The van der Waals surface area contributed by atoms with Crippen LogP contribution < -0.4 is 11.1 Å². The molecule has 2 aliphatic carbocycles. The summed E-state index contributed by atoms with van der Waals surface area (Å²) in [5, 5.41) is 15.3. The third-order valence-corrected chi connectivity index (χ3v) is 4.75. The van der Waals surface area contributed by atoms with E-state index < -0.39 is 5.41 Å². The molecule has 2 fully saturated rings. The number of nitrogens with one attached hydrogen (secondary N) is 1. The van der Waals surface area contributed by atoms with Gasteiger partial charge in [-0.05, 0) is 25.2 Å². The van der Waals surface area contributed by atoms with E-state index in [1.54, 1.807) is 0 Å². The van der Waals surface area contributed by atoms with Gasteiger partial charge < -0.3 is 16.3 Å². The van der Waals surface area contributed by atoms with Crippen molar-refractivity contribution >= 4 is 11.7 Å². The molecule has 2 atom stereocenters. The van der Waals surface area contributed by atoms with E-state index in [0.717, 1.165) is 38.5 Å². The Hall–Kier alpha value is -1.26. The van der Waals surface area contributed by atoms with Gasteiger partial charge in [0.2, 0.25) is 5.91 Å². The maximum absolute atomic E-state index is 12.6. The van der Waals surface area contributed by atoms with Gasteiger partial charge in [-0.15, -0.1) is 0 Å². The summed E-state index contributed by atoms with van der Waals surface area (Å²) in [7, 11) is 0. The number of nitrogens with two attached hydrogens (primary N) is 1. The number of nitrogens with zero attached hydrogens (tertiary/aromatic N) is 1. The van der Waals surface area contributed by atoms with Crippen molar-refractivity contribution in [2.75, 3.05) is 0 Å². The fourth-order valence-corrected chi connectivity index (χ4v) is 3.21. The van der Waals surface area contributed by atoms with Crippen molar-refractivity contribution in [1.82, 2.24) is 5.32 Å². The molecule has 0 aromatic heterocycles. The van der Waals surface area contributed by atoms with Gasteiger partial charge in [0.1, 0.15) is 5.41 Å². The second-order valence-corrected chi connectivity index (χ2v) is 5.97. The predicted molar refractivity (Wildman–Crippen MR) is 73.9 cm³/mol. The van der Waals surface area contributed by atoms with Crippen molar-refractivity contribution in [2.45, 2.75) is 64.3 Å². The summed E-state index contributed by atoms with van der Waals surface area (Å²) in [5.74, 6) is 0.658. The second kappa shape index (κ2) is 5.80. The van der Waals surface area contributed by atoms with Crippen LogP contribution >= 0.6 is 0 Å². The third kappa shape index (κ3) is 2.85. The maximum Gasteiger partial charge on any atom is 0.234 e. The van der Waals surface area contributed by atoms with Crippen molar-refractivity contribution in [3.8, 4) is 0 Å². The molecule has 1 amide bonds. The first-order chi connectivity index (χ1) is 9.14. The molecule has 0 spiro atoms. The molecular weight excluding hydrogens is 242 g/mol. The lowest BCUT2D eigenvalue weighted by molar-refractivity contribution is -0.128. The van der Waals surface area contributed by atoms with Crippen LogP contribution in [0.2, 0.25) is 0 Å². The number of amidine groups is 1. The highest BCUT2D eigenvalue weighted by Crippen LogP contribution is 2.38. The quantitative estimate of drug-likeness (QED) is 0.239. The zero-order valence-electron chi connectivity index (χ0n) is 11.7. The number of carbonyl (C=O) groups excluding carboxylic acids is 1. The Kier molecular flexibility index (Phi) is 4.32. The Balaban J connectivity index is 2.10. The van der Waals surface area contributed by atoms with E-state index >= 15 is 0 Å². The van der Waals surface area contributed by atoms with Gasteiger partial charge in [-0.1, -0.05) is 44.2 Å². The first-order valence-electron chi connectivity index (χ1n) is 7.43. The Morgan fingerprint density at radius 3 is 2.47 bits per heavy atom. The molecule has 0 radical (unpaired) electrons. The summed E-state index contributed by atoms with van der Waals surface area (Å²) in [5.41, 5.74) is 5.07. The number of amides is 1. The Morgan fingerprint density at radius 2 is 2.00 bits per heavy atom. The van der Waals surface area contributed by atoms with Crippen LogP contribution in [-0.4, -0.2) is 23.0 Å². The molecule has 2 unspecified atom stereocenters. The van der Waals surface area contributed by atoms with Crippen molar-refractivity contribution in [1.29, 1.82) is 0 Å². The van der Waals surface area contributed by atoms with Gasteiger partial charge >= 0.3 is 0 Å². The summed E-state index contributed by atoms with van der Waals surface area (Å²) in [6, 6.07) is 0.295. The molecule has 108 valence electrons. The SMILES string of the molecule is CCC1CC1NC(=O)C1(C(N)=NO)CCCCCC1. The lowest BCUT2D eigenvalue weighted by Gasteiger charge is -2.30. The predicted octanol–water partition coefficient (Wildman–Crippen LogP) is 1.99. The van der Waals surface area contributed by atoms with Gasteiger partial charge in [0.25, 0.3) is 0 Å². The number of hydrogen-bond acceptors (Lipinski definition) is 3. The highest BCUT2D eigenvalue weighted by Gasteiger charge is 2.46. The third-order valence-electron chi connectivity index (χ3n) is 4.75. The Morgan fingerprint density at radius 1 is 1.37 bits per heavy atom. The van der Waals surface area contributed by atoms with E-state index in [1.165, 1.54) is 0 Å². The van der Waals surface area contributed by atoms with Gasteiger partial charge in [0.05, 0.1) is 0 Å². The van der Waals surface area contributed by atoms with E-state index in [9.17, 15) is 4.79 Å². The van der Waals surface area contributed by atoms with E-state index in [1.807, 2.05) is 0 Å². The maximum atomic E-state index is 12.6. The zero-order valence-corrected chi connectivity index (χ0v) is 11.7. The molecule has 2 saturated carbocycles. The summed E-state index contributed by atoms with van der Waals surface area (Å²) < 4.78 is 0. The molecule has 0 aromatic carbocycles. The normalized spacial score (nSPS) is 30.5. The summed E-state index contributed by atoms with van der Waals surface area (Å²) in [6.45, 7) is 2.14. The Labute approximate surface area is 114 Å². The first kappa shape index (κ1) is 14.2. The molecule has 2 aliphatic rings. The smallest absolute Gasteiger partial charge is 0.234 e. The summed E-state index contributed by atoms with van der Waals surface area (Å²) >= 11 is 0. The molecule has 0 aliphatic heterocycles. The minimum Gasteiger partial charge on any atom is -0.409 e. The van der Waals surface area contributed by atoms with Crippen LogP contribution in [-0.2, 0) is 4.79 Å². The molecule has 0 saturated heterocycles. The number of carbonyl (C=O) groups is 1. The van der Waals surface area contributed by atoms with Crippen LogP contribution in [0.15, 0.2) is 5.16 Å². The molecule has 0 aromatic rings. The van der Waals surface area contributed by atoms with E-state index in [0.29, 0.717) is 24.8 Å². The molecule has 5 nitrogen and oxygen atoms in total. The van der Waals surface area contributed by atoms with Crippen LogP contribution in [0.1, 0.15) is 58.3 Å². The zero-order chi connectivity index (χ0) is 13.9. The molecule has 0 heterocycles. The average Bonchev–Trinajstić information content (AvgIpc) is 3.19. The standard InChI is InChI=1S/C14H25N3O2/c1-2-10-9-11(10)16-13(18)14(12(15)17-19)7-5-3-4-6-8-14/h10-11,19H,2-9H2,1H3,(H2,15,17)(H,16,18). The average molecular weight is 267 g/mol. The fraction of sp³-hybridized carbons (Fsp3) is 0.857. The van der Waals surface area contributed by atoms with Crippen molar-refractivity contribution in [3.63, 3.8) is 0 Å². The van der Waals surface area contributed by atoms with Crippen LogP contribution in [0.3, 0.4) is 0 Å². The van der Waals surface area contributed by atoms with Crippen LogP contribution in [0.4, 0.5) is 0 Å². The van der Waals surface area contributed by atoms with Gasteiger partial charge in [-0.3, -0.25) is 4.79 Å². The van der Waals surface area contributed by atoms with Gasteiger partial charge in [0.15, 0.2) is 5.84 Å². The van der Waals surface area contributed by atoms with Crippen LogP contribution in [0.5, 0.6) is 0 Å². The number of hydrogen-bond donors (Lipinski definition) is 3. The lowest BCUT2D eigenvalue weighted by atomic mass is 9.78. The van der Waals surface area contributed by atoms with Crippen molar-refractivity contribution in [3.05, 3.63) is 0 Å². The topological polar surface area (TPSA) is 87.7 Å². The summed E-state index contributed by atoms with van der Waals surface area (Å²) in [4.78, 5) is 12.6. The minimum atomic E-state index is -0.786.